The summed E-state index contributed by atoms with van der Waals surface area (Å²) in [6.45, 7) is 0. The summed E-state index contributed by atoms with van der Waals surface area (Å²) >= 11 is -1.52. The van der Waals surface area contributed by atoms with Crippen LogP contribution < -0.4 is 0 Å². The number of hydrogen-bond acceptors (Lipinski definition) is 3. The fourth-order valence-corrected chi connectivity index (χ4v) is 0. The van der Waals surface area contributed by atoms with Crippen molar-refractivity contribution in [3.63, 3.8) is 0 Å². The first-order chi connectivity index (χ1) is 2.27. The van der Waals surface area contributed by atoms with Crippen molar-refractivity contribution in [1.29, 1.82) is 0 Å². The Kier molecular flexibility index (Phi) is 45.2. The Morgan fingerprint density at radius 3 is 1.62 bits per heavy atom. The van der Waals surface area contributed by atoms with Gasteiger partial charge in [0.1, 0.15) is 0 Å². The maximum atomic E-state index is 9.45. The van der Waals surface area contributed by atoms with E-state index in [0.717, 1.165) is 0 Å². The molecule has 0 saturated heterocycles. The molecule has 8 heavy (non-hydrogen) atoms. The normalized spacial score (nSPS) is 9.25. The van der Waals surface area contributed by atoms with Gasteiger partial charge in [0.2, 0.25) is 0 Å². The Morgan fingerprint density at radius 2 is 1.62 bits per heavy atom. The second kappa shape index (κ2) is 15.7. The smallest absolute Gasteiger partial charge is 0.184 e. The van der Waals surface area contributed by atoms with Gasteiger partial charge in [-0.2, -0.15) is 0 Å². The molecule has 0 amide bonds. The molecule has 0 aliphatic heterocycles. The van der Waals surface area contributed by atoms with Crippen LogP contribution in [0.15, 0.2) is 0 Å². The third-order valence-electron chi connectivity index (χ3n) is 0.105. The van der Waals surface area contributed by atoms with Crippen LogP contribution in [0, 0.1) is 0 Å². The van der Waals surface area contributed by atoms with Crippen molar-refractivity contribution < 1.29 is 24.8 Å². The Labute approximate surface area is 71.5 Å². The van der Waals surface area contributed by atoms with Gasteiger partial charge in [0.25, 0.3) is 0 Å². The van der Waals surface area contributed by atoms with Crippen molar-refractivity contribution in [1.82, 2.24) is 0 Å². The molecule has 49 valence electrons. The number of rotatable bonds is 1. The van der Waals surface area contributed by atoms with Gasteiger partial charge in [-0.05, 0) is 0 Å². The molecule has 0 spiro atoms. The van der Waals surface area contributed by atoms with Crippen molar-refractivity contribution in [3.05, 3.63) is 0 Å². The van der Waals surface area contributed by atoms with Crippen LogP contribution in [-0.2, 0) is 15.4 Å². The third-order valence-corrected chi connectivity index (χ3v) is 0.315. The van der Waals surface area contributed by atoms with Gasteiger partial charge in [0.15, 0.2) is 11.1 Å². The predicted molar refractivity (Wildman–Crippen MR) is 30.8 cm³/mol. The summed E-state index contributed by atoms with van der Waals surface area (Å²) in [4.78, 5) is 0. The second-order valence-electron chi connectivity index (χ2n) is 0.476. The topological polar surface area (TPSA) is 110 Å². The molecule has 0 aromatic rings. The SMILES string of the molecule is CS(=O)OO.O.O.[Na]. The van der Waals surface area contributed by atoms with Crippen LogP contribution in [0.5, 0.6) is 0 Å². The summed E-state index contributed by atoms with van der Waals surface area (Å²) < 4.78 is 12.7. The van der Waals surface area contributed by atoms with Gasteiger partial charge < -0.3 is 11.0 Å². The zero-order chi connectivity index (χ0) is 4.28. The third kappa shape index (κ3) is 28.1. The second-order valence-corrected chi connectivity index (χ2v) is 1.43. The molecular weight excluding hydrogens is 147 g/mol. The molecule has 7 heteroatoms. The molecule has 1 radical (unpaired) electrons. The van der Waals surface area contributed by atoms with E-state index in [0.29, 0.717) is 0 Å². The summed E-state index contributed by atoms with van der Waals surface area (Å²) in [5, 5.41) is 7.34. The van der Waals surface area contributed by atoms with Gasteiger partial charge in [-0.25, -0.2) is 9.47 Å². The van der Waals surface area contributed by atoms with Gasteiger partial charge in [0.05, 0.1) is 0 Å². The molecule has 0 fully saturated rings. The first kappa shape index (κ1) is 23.0. The van der Waals surface area contributed by atoms with Crippen LogP contribution in [0.2, 0.25) is 0 Å². The first-order valence-corrected chi connectivity index (χ1v) is 2.41. The summed E-state index contributed by atoms with van der Waals surface area (Å²) in [5.74, 6) is 0. The molecule has 5 N–H and O–H groups in total. The van der Waals surface area contributed by atoms with Crippen LogP contribution in [0.3, 0.4) is 0 Å². The molecule has 0 rings (SSSR count). The van der Waals surface area contributed by atoms with E-state index in [1.54, 1.807) is 0 Å². The van der Waals surface area contributed by atoms with Crippen molar-refractivity contribution in [2.45, 2.75) is 0 Å². The molecule has 0 aliphatic rings. The van der Waals surface area contributed by atoms with Gasteiger partial charge in [-0.1, -0.05) is 0 Å². The summed E-state index contributed by atoms with van der Waals surface area (Å²) in [5.41, 5.74) is 0. The predicted octanol–water partition coefficient (Wildman–Crippen LogP) is -2.26. The minimum Gasteiger partial charge on any atom is -0.412 e. The van der Waals surface area contributed by atoms with Gasteiger partial charge in [-0.15, -0.1) is 4.33 Å². The van der Waals surface area contributed by atoms with E-state index in [2.05, 4.69) is 4.33 Å². The number of hydrogen-bond donors (Lipinski definition) is 1. The molecule has 0 aliphatic carbocycles. The Hall–Kier alpha value is 0.990. The van der Waals surface area contributed by atoms with E-state index >= 15 is 0 Å². The molecule has 0 saturated carbocycles. The van der Waals surface area contributed by atoms with E-state index in [9.17, 15) is 4.21 Å². The minimum absolute atomic E-state index is 0. The first-order valence-electron chi connectivity index (χ1n) is 0.924. The van der Waals surface area contributed by atoms with Crippen LogP contribution >= 0.6 is 0 Å². The van der Waals surface area contributed by atoms with Gasteiger partial charge in [-0.3, -0.25) is 0 Å². The molecule has 0 heterocycles. The van der Waals surface area contributed by atoms with E-state index in [4.69, 9.17) is 5.26 Å². The molecule has 1 atom stereocenters. The zero-order valence-electron chi connectivity index (χ0n) is 4.67. The Morgan fingerprint density at radius 1 is 1.50 bits per heavy atom. The van der Waals surface area contributed by atoms with Crippen LogP contribution in [-0.4, -0.2) is 56.2 Å². The fraction of sp³-hybridized carbons (Fsp3) is 1.00. The summed E-state index contributed by atoms with van der Waals surface area (Å²) in [6.07, 6.45) is 1.22. The Balaban J connectivity index is -0.0000000267. The van der Waals surface area contributed by atoms with Crippen molar-refractivity contribution in [3.8, 4) is 0 Å². The Bertz CT molecular complexity index is 47.7. The van der Waals surface area contributed by atoms with Gasteiger partial charge >= 0.3 is 0 Å². The zero-order valence-corrected chi connectivity index (χ0v) is 7.49. The monoisotopic (exact) mass is 155 g/mol. The molecular formula is CH8NaO5S. The van der Waals surface area contributed by atoms with Crippen molar-refractivity contribution in [2.24, 2.45) is 0 Å². The van der Waals surface area contributed by atoms with Crippen molar-refractivity contribution in [2.75, 3.05) is 6.26 Å². The van der Waals surface area contributed by atoms with E-state index in [-0.39, 0.29) is 40.5 Å². The van der Waals surface area contributed by atoms with Crippen LogP contribution in [0.25, 0.3) is 0 Å². The quantitative estimate of drug-likeness (QED) is 0.262. The van der Waals surface area contributed by atoms with E-state index in [1.165, 1.54) is 6.26 Å². The maximum Gasteiger partial charge on any atom is 0.184 e. The van der Waals surface area contributed by atoms with Gasteiger partial charge in [0, 0.05) is 35.8 Å². The average Bonchev–Trinajstić information content (AvgIpc) is 1.38. The molecule has 5 nitrogen and oxygen atoms in total. The van der Waals surface area contributed by atoms with Crippen molar-refractivity contribution >= 4 is 40.6 Å². The molecule has 0 aromatic carbocycles. The summed E-state index contributed by atoms with van der Waals surface area (Å²) in [7, 11) is 0. The van der Waals surface area contributed by atoms with Crippen LogP contribution in [0.1, 0.15) is 0 Å². The maximum absolute atomic E-state index is 9.45. The van der Waals surface area contributed by atoms with Crippen LogP contribution in [0.4, 0.5) is 0 Å². The average molecular weight is 155 g/mol. The molecule has 1 unspecified atom stereocenters. The summed E-state index contributed by atoms with van der Waals surface area (Å²) in [6, 6.07) is 0. The minimum atomic E-state index is -1.52. The fourth-order valence-electron chi connectivity index (χ4n) is 0. The molecule has 0 bridgehead atoms. The molecule has 0 aromatic heterocycles. The van der Waals surface area contributed by atoms with E-state index in [1.807, 2.05) is 0 Å². The standard InChI is InChI=1S/CH4O3S.Na.2H2O/c1-5(3)4-2;;;/h2H,1H3;;2*1H2. The van der Waals surface area contributed by atoms with E-state index < -0.39 is 11.1 Å². The largest absolute Gasteiger partial charge is 0.412 e.